The van der Waals surface area contributed by atoms with E-state index in [1.807, 2.05) is 0 Å². The Morgan fingerprint density at radius 3 is 2.11 bits per heavy atom. The molecule has 2 aromatic rings. The fourth-order valence-electron chi connectivity index (χ4n) is 3.46. The average molecular weight is 504 g/mol. The van der Waals surface area contributed by atoms with Gasteiger partial charge in [0, 0.05) is 6.08 Å². The summed E-state index contributed by atoms with van der Waals surface area (Å²) in [5.74, 6) is -7.04. The molecule has 8 N–H and O–H groups in total. The second-order valence-electron chi connectivity index (χ2n) is 7.88. The number of aliphatic hydroxyl groups excluding tert-OH is 4. The van der Waals surface area contributed by atoms with Gasteiger partial charge in [-0.15, -0.1) is 0 Å². The molecule has 0 bridgehead atoms. The summed E-state index contributed by atoms with van der Waals surface area (Å²) >= 11 is 0. The van der Waals surface area contributed by atoms with E-state index >= 15 is 0 Å². The monoisotopic (exact) mass is 504 g/mol. The molecule has 0 amide bonds. The number of hydrogen-bond donors (Lipinski definition) is 8. The lowest BCUT2D eigenvalue weighted by molar-refractivity contribution is -0.319. The minimum Gasteiger partial charge on any atom is -0.504 e. The third-order valence-corrected chi connectivity index (χ3v) is 5.38. The first-order chi connectivity index (χ1) is 17.0. The lowest BCUT2D eigenvalue weighted by atomic mass is 9.89. The van der Waals surface area contributed by atoms with Crippen molar-refractivity contribution in [2.75, 3.05) is 6.61 Å². The molecule has 5 atom stereocenters. The molecule has 1 aliphatic heterocycles. The van der Waals surface area contributed by atoms with E-state index in [1.54, 1.807) is 0 Å². The Morgan fingerprint density at radius 1 is 0.889 bits per heavy atom. The second kappa shape index (κ2) is 10.8. The number of ether oxygens (including phenoxy) is 2. The molecule has 0 aromatic heterocycles. The van der Waals surface area contributed by atoms with Gasteiger partial charge in [-0.25, -0.2) is 4.79 Å². The molecule has 2 aromatic carbocycles. The lowest BCUT2D eigenvalue weighted by Gasteiger charge is -2.46. The molecule has 0 saturated carbocycles. The average Bonchev–Trinajstić information content (AvgIpc) is 2.85. The maximum atomic E-state index is 13.3. The zero-order valence-electron chi connectivity index (χ0n) is 18.5. The first-order valence-electron chi connectivity index (χ1n) is 10.5. The summed E-state index contributed by atoms with van der Waals surface area (Å²) in [5, 5.41) is 79.1. The largest absolute Gasteiger partial charge is 0.504 e. The van der Waals surface area contributed by atoms with Gasteiger partial charge in [0.15, 0.2) is 29.1 Å². The van der Waals surface area contributed by atoms with E-state index in [0.29, 0.717) is 0 Å². The first-order valence-corrected chi connectivity index (χ1v) is 10.5. The SMILES string of the molecule is O=C(O)C=Cc1ccc(O)c(OC2(C(=O)C=Cc3ccc(O)c(O)c3)O[C@H](CO)[C@@H](O)[C@H](O)[C@H]2O)c1. The van der Waals surface area contributed by atoms with Crippen LogP contribution in [0.25, 0.3) is 12.2 Å². The van der Waals surface area contributed by atoms with Crippen LogP contribution in [0.4, 0.5) is 0 Å². The van der Waals surface area contributed by atoms with Crippen molar-refractivity contribution in [1.82, 2.24) is 0 Å². The number of carboxylic acids is 1. The Balaban J connectivity index is 2.06. The van der Waals surface area contributed by atoms with Gasteiger partial charge in [0.25, 0.3) is 0 Å². The molecule has 36 heavy (non-hydrogen) atoms. The molecule has 192 valence electrons. The van der Waals surface area contributed by atoms with Crippen LogP contribution in [0.3, 0.4) is 0 Å². The highest BCUT2D eigenvalue weighted by Crippen LogP contribution is 2.38. The van der Waals surface area contributed by atoms with Gasteiger partial charge >= 0.3 is 11.8 Å². The van der Waals surface area contributed by atoms with Crippen LogP contribution in [0.1, 0.15) is 11.1 Å². The summed E-state index contributed by atoms with van der Waals surface area (Å²) in [6, 6.07) is 7.23. The van der Waals surface area contributed by atoms with Gasteiger partial charge in [-0.2, -0.15) is 0 Å². The Hall–Kier alpha value is -3.94. The van der Waals surface area contributed by atoms with E-state index in [9.17, 15) is 45.3 Å². The van der Waals surface area contributed by atoms with Gasteiger partial charge in [0.1, 0.15) is 18.3 Å². The Bertz CT molecular complexity index is 1190. The van der Waals surface area contributed by atoms with Crippen LogP contribution in [0.5, 0.6) is 23.0 Å². The minimum atomic E-state index is -2.78. The number of aromatic hydroxyl groups is 3. The fraction of sp³-hybridized carbons (Fsp3) is 0.250. The Labute approximate surface area is 203 Å². The van der Waals surface area contributed by atoms with Crippen molar-refractivity contribution in [3.8, 4) is 23.0 Å². The normalized spacial score (nSPS) is 26.3. The van der Waals surface area contributed by atoms with Gasteiger partial charge in [0.2, 0.25) is 5.78 Å². The quantitative estimate of drug-likeness (QED) is 0.172. The number of phenolic OH excluding ortho intramolecular Hbond substituents is 3. The highest BCUT2D eigenvalue weighted by Gasteiger charge is 2.59. The van der Waals surface area contributed by atoms with Crippen molar-refractivity contribution < 1.29 is 59.9 Å². The zero-order chi connectivity index (χ0) is 26.6. The molecule has 1 unspecified atom stereocenters. The first kappa shape index (κ1) is 26.7. The maximum absolute atomic E-state index is 13.3. The molecule has 3 rings (SSSR count). The summed E-state index contributed by atoms with van der Waals surface area (Å²) in [6.07, 6.45) is -3.64. The zero-order valence-corrected chi connectivity index (χ0v) is 18.5. The van der Waals surface area contributed by atoms with E-state index in [4.69, 9.17) is 14.6 Å². The van der Waals surface area contributed by atoms with Crippen LogP contribution in [0, 0.1) is 0 Å². The number of carbonyl (C=O) groups is 2. The predicted molar refractivity (Wildman–Crippen MR) is 122 cm³/mol. The summed E-state index contributed by atoms with van der Waals surface area (Å²) in [6.45, 7) is -0.883. The van der Waals surface area contributed by atoms with Gasteiger partial charge in [-0.1, -0.05) is 18.2 Å². The minimum absolute atomic E-state index is 0.215. The van der Waals surface area contributed by atoms with E-state index in [0.717, 1.165) is 42.5 Å². The molecule has 12 nitrogen and oxygen atoms in total. The van der Waals surface area contributed by atoms with E-state index < -0.39 is 71.6 Å². The fourth-order valence-corrected chi connectivity index (χ4v) is 3.46. The van der Waals surface area contributed by atoms with Crippen LogP contribution >= 0.6 is 0 Å². The predicted octanol–water partition coefficient (Wildman–Crippen LogP) is -0.267. The standard InChI is InChI=1S/C24H24O12/c25-11-18-21(32)22(33)23(34)24(36-18,19(29)7-3-12-1-5-14(26)16(28)9-12)35-17-10-13(2-6-15(17)27)4-8-20(30)31/h1-10,18,21-23,25-28,32-34H,11H2,(H,30,31)/t18-,21-,22+,23-,24?/m1/s1. The molecule has 1 fully saturated rings. The number of aliphatic hydroxyl groups is 4. The number of carboxylic acid groups (broad SMARTS) is 1. The second-order valence-corrected chi connectivity index (χ2v) is 7.88. The van der Waals surface area contributed by atoms with Gasteiger partial charge < -0.3 is 50.3 Å². The van der Waals surface area contributed by atoms with E-state index in [1.165, 1.54) is 18.2 Å². The lowest BCUT2D eigenvalue weighted by Crippen LogP contribution is -2.70. The Morgan fingerprint density at radius 2 is 1.50 bits per heavy atom. The maximum Gasteiger partial charge on any atom is 0.328 e. The third kappa shape index (κ3) is 5.48. The van der Waals surface area contributed by atoms with Crippen molar-refractivity contribution in [3.05, 3.63) is 59.7 Å². The van der Waals surface area contributed by atoms with Gasteiger partial charge in [-0.05, 0) is 47.5 Å². The van der Waals surface area contributed by atoms with Crippen LogP contribution in [0.15, 0.2) is 48.6 Å². The summed E-state index contributed by atoms with van der Waals surface area (Å²) in [5.41, 5.74) is 0.453. The molecule has 12 heteroatoms. The van der Waals surface area contributed by atoms with Crippen molar-refractivity contribution >= 4 is 23.9 Å². The van der Waals surface area contributed by atoms with Crippen molar-refractivity contribution in [2.45, 2.75) is 30.2 Å². The number of carbonyl (C=O) groups excluding carboxylic acids is 1. The van der Waals surface area contributed by atoms with Crippen LogP contribution in [-0.2, 0) is 14.3 Å². The number of phenols is 3. The smallest absolute Gasteiger partial charge is 0.328 e. The van der Waals surface area contributed by atoms with Crippen molar-refractivity contribution in [2.24, 2.45) is 0 Å². The van der Waals surface area contributed by atoms with Crippen molar-refractivity contribution in [1.29, 1.82) is 0 Å². The van der Waals surface area contributed by atoms with Crippen molar-refractivity contribution in [3.63, 3.8) is 0 Å². The summed E-state index contributed by atoms with van der Waals surface area (Å²) < 4.78 is 11.1. The molecule has 0 aliphatic carbocycles. The summed E-state index contributed by atoms with van der Waals surface area (Å²) in [7, 11) is 0. The topological polar surface area (TPSA) is 214 Å². The van der Waals surface area contributed by atoms with E-state index in [-0.39, 0.29) is 11.1 Å². The number of hydrogen-bond acceptors (Lipinski definition) is 11. The highest BCUT2D eigenvalue weighted by molar-refractivity contribution is 6.00. The van der Waals surface area contributed by atoms with Crippen LogP contribution < -0.4 is 4.74 Å². The number of benzene rings is 2. The third-order valence-electron chi connectivity index (χ3n) is 5.38. The highest BCUT2D eigenvalue weighted by atomic mass is 16.7. The molecular weight excluding hydrogens is 480 g/mol. The number of aliphatic carboxylic acids is 1. The summed E-state index contributed by atoms with van der Waals surface area (Å²) in [4.78, 5) is 24.1. The van der Waals surface area contributed by atoms with Gasteiger partial charge in [-0.3, -0.25) is 4.79 Å². The van der Waals surface area contributed by atoms with E-state index in [2.05, 4.69) is 0 Å². The molecule has 0 spiro atoms. The molecule has 1 heterocycles. The molecule has 0 radical (unpaired) electrons. The molecule has 1 saturated heterocycles. The number of ketones is 1. The Kier molecular flexibility index (Phi) is 7.97. The van der Waals surface area contributed by atoms with Crippen LogP contribution in [0.2, 0.25) is 0 Å². The molecule has 1 aliphatic rings. The van der Waals surface area contributed by atoms with Gasteiger partial charge in [0.05, 0.1) is 6.61 Å². The molecular formula is C24H24O12. The van der Waals surface area contributed by atoms with Crippen LogP contribution in [-0.4, -0.2) is 89.4 Å². The number of rotatable bonds is 8.